The lowest BCUT2D eigenvalue weighted by atomic mass is 10.0. The summed E-state index contributed by atoms with van der Waals surface area (Å²) in [6, 6.07) is 5.71. The number of rotatable bonds is 4. The molecule has 4 heteroatoms. The van der Waals surface area contributed by atoms with E-state index in [-0.39, 0.29) is 5.91 Å². The Labute approximate surface area is 119 Å². The molecule has 0 aliphatic heterocycles. The van der Waals surface area contributed by atoms with Gasteiger partial charge in [-0.15, -0.1) is 0 Å². The number of anilines is 1. The summed E-state index contributed by atoms with van der Waals surface area (Å²) < 4.78 is 0. The molecule has 0 spiro atoms. The first-order chi connectivity index (χ1) is 9.08. The molecule has 0 saturated heterocycles. The average Bonchev–Trinajstić information content (AvgIpc) is 2.81. The standard InChI is InChI=1S/C15H20N2OS/c1-10-5-4-8-12(14(10)15(16)19)17-13(18)9-11-6-2-3-7-11/h4-5,8,11H,2-3,6-7,9H2,1H3,(H2,16,19)(H,17,18). The van der Waals surface area contributed by atoms with Crippen LogP contribution in [0.3, 0.4) is 0 Å². The van der Waals surface area contributed by atoms with Crippen LogP contribution in [0.15, 0.2) is 18.2 Å². The molecule has 0 atom stereocenters. The third kappa shape index (κ3) is 3.53. The summed E-state index contributed by atoms with van der Waals surface area (Å²) in [5, 5.41) is 2.95. The van der Waals surface area contributed by atoms with E-state index in [1.165, 1.54) is 25.7 Å². The largest absolute Gasteiger partial charge is 0.389 e. The molecule has 3 N–H and O–H groups in total. The Balaban J connectivity index is 2.07. The van der Waals surface area contributed by atoms with Gasteiger partial charge in [-0.2, -0.15) is 0 Å². The van der Waals surface area contributed by atoms with Crippen molar-refractivity contribution in [3.8, 4) is 0 Å². The molecular weight excluding hydrogens is 256 g/mol. The van der Waals surface area contributed by atoms with Crippen molar-refractivity contribution in [2.24, 2.45) is 11.7 Å². The highest BCUT2D eigenvalue weighted by Crippen LogP contribution is 2.28. The Morgan fingerprint density at radius 2 is 2.11 bits per heavy atom. The van der Waals surface area contributed by atoms with Gasteiger partial charge in [0.1, 0.15) is 4.99 Å². The number of benzene rings is 1. The minimum atomic E-state index is 0.0648. The van der Waals surface area contributed by atoms with Crippen molar-refractivity contribution in [1.29, 1.82) is 0 Å². The molecule has 0 aromatic heterocycles. The summed E-state index contributed by atoms with van der Waals surface area (Å²) in [5.74, 6) is 0.605. The number of carbonyl (C=O) groups is 1. The smallest absolute Gasteiger partial charge is 0.224 e. The Hall–Kier alpha value is -1.42. The molecule has 1 saturated carbocycles. The fourth-order valence-electron chi connectivity index (χ4n) is 2.78. The number of amides is 1. The zero-order chi connectivity index (χ0) is 13.8. The molecule has 1 fully saturated rings. The van der Waals surface area contributed by atoms with Crippen LogP contribution in [-0.4, -0.2) is 10.9 Å². The first-order valence-electron chi connectivity index (χ1n) is 6.77. The monoisotopic (exact) mass is 276 g/mol. The van der Waals surface area contributed by atoms with E-state index >= 15 is 0 Å². The van der Waals surface area contributed by atoms with Crippen molar-refractivity contribution in [1.82, 2.24) is 0 Å². The van der Waals surface area contributed by atoms with Gasteiger partial charge in [-0.1, -0.05) is 37.2 Å². The van der Waals surface area contributed by atoms with Crippen molar-refractivity contribution < 1.29 is 4.79 Å². The van der Waals surface area contributed by atoms with Gasteiger partial charge in [0, 0.05) is 12.0 Å². The summed E-state index contributed by atoms with van der Waals surface area (Å²) in [5.41, 5.74) is 8.23. The molecule has 3 nitrogen and oxygen atoms in total. The lowest BCUT2D eigenvalue weighted by Gasteiger charge is -2.14. The van der Waals surface area contributed by atoms with Gasteiger partial charge in [-0.3, -0.25) is 4.79 Å². The molecular formula is C15H20N2OS. The van der Waals surface area contributed by atoms with Crippen molar-refractivity contribution in [2.75, 3.05) is 5.32 Å². The summed E-state index contributed by atoms with van der Waals surface area (Å²) in [6.45, 7) is 1.95. The lowest BCUT2D eigenvalue weighted by molar-refractivity contribution is -0.117. The van der Waals surface area contributed by atoms with Gasteiger partial charge in [0.2, 0.25) is 5.91 Å². The van der Waals surface area contributed by atoms with E-state index in [0.717, 1.165) is 16.8 Å². The van der Waals surface area contributed by atoms with E-state index in [9.17, 15) is 4.79 Å². The van der Waals surface area contributed by atoms with Gasteiger partial charge in [0.05, 0.1) is 5.69 Å². The Bertz CT molecular complexity index is 493. The van der Waals surface area contributed by atoms with Gasteiger partial charge in [0.25, 0.3) is 0 Å². The van der Waals surface area contributed by atoms with Crippen LogP contribution >= 0.6 is 12.2 Å². The maximum Gasteiger partial charge on any atom is 0.224 e. The molecule has 19 heavy (non-hydrogen) atoms. The minimum Gasteiger partial charge on any atom is -0.389 e. The minimum absolute atomic E-state index is 0.0648. The van der Waals surface area contributed by atoms with Gasteiger partial charge >= 0.3 is 0 Å². The second-order valence-corrected chi connectivity index (χ2v) is 5.70. The Kier molecular flexibility index (Phi) is 4.53. The van der Waals surface area contributed by atoms with Crippen LogP contribution < -0.4 is 11.1 Å². The Morgan fingerprint density at radius 1 is 1.42 bits per heavy atom. The molecule has 1 aliphatic rings. The molecule has 1 amide bonds. The second-order valence-electron chi connectivity index (χ2n) is 5.26. The van der Waals surface area contributed by atoms with Gasteiger partial charge in [-0.25, -0.2) is 0 Å². The van der Waals surface area contributed by atoms with Crippen molar-refractivity contribution in [3.05, 3.63) is 29.3 Å². The molecule has 102 valence electrons. The predicted octanol–water partition coefficient (Wildman–Crippen LogP) is 3.15. The molecule has 1 aliphatic carbocycles. The fraction of sp³-hybridized carbons (Fsp3) is 0.467. The Morgan fingerprint density at radius 3 is 2.74 bits per heavy atom. The van der Waals surface area contributed by atoms with Crippen LogP contribution in [0.4, 0.5) is 5.69 Å². The van der Waals surface area contributed by atoms with Gasteiger partial charge in [-0.05, 0) is 37.3 Å². The number of carbonyl (C=O) groups excluding carboxylic acids is 1. The number of nitrogens with two attached hydrogens (primary N) is 1. The zero-order valence-corrected chi connectivity index (χ0v) is 12.1. The lowest BCUT2D eigenvalue weighted by Crippen LogP contribution is -2.20. The highest BCUT2D eigenvalue weighted by molar-refractivity contribution is 7.80. The molecule has 0 radical (unpaired) electrons. The molecule has 0 heterocycles. The number of hydrogen-bond donors (Lipinski definition) is 2. The van der Waals surface area contributed by atoms with Crippen LogP contribution in [0.5, 0.6) is 0 Å². The van der Waals surface area contributed by atoms with Gasteiger partial charge < -0.3 is 11.1 Å². The van der Waals surface area contributed by atoms with Crippen LogP contribution in [0, 0.1) is 12.8 Å². The number of nitrogens with one attached hydrogen (secondary N) is 1. The summed E-state index contributed by atoms with van der Waals surface area (Å²) >= 11 is 5.06. The summed E-state index contributed by atoms with van der Waals surface area (Å²) in [6.07, 6.45) is 5.44. The van der Waals surface area contributed by atoms with Crippen LogP contribution in [-0.2, 0) is 4.79 Å². The summed E-state index contributed by atoms with van der Waals surface area (Å²) in [4.78, 5) is 12.4. The quantitative estimate of drug-likeness (QED) is 0.831. The van der Waals surface area contributed by atoms with E-state index < -0.39 is 0 Å². The topological polar surface area (TPSA) is 55.1 Å². The number of aryl methyl sites for hydroxylation is 1. The van der Waals surface area contributed by atoms with E-state index in [2.05, 4.69) is 5.32 Å². The molecule has 1 aromatic carbocycles. The maximum absolute atomic E-state index is 12.1. The number of hydrogen-bond acceptors (Lipinski definition) is 2. The molecule has 0 unspecified atom stereocenters. The number of thiocarbonyl (C=S) groups is 1. The third-order valence-corrected chi connectivity index (χ3v) is 3.95. The van der Waals surface area contributed by atoms with Crippen LogP contribution in [0.25, 0.3) is 0 Å². The van der Waals surface area contributed by atoms with Crippen LogP contribution in [0.1, 0.15) is 43.2 Å². The maximum atomic E-state index is 12.1. The highest BCUT2D eigenvalue weighted by Gasteiger charge is 2.19. The van der Waals surface area contributed by atoms with Crippen molar-refractivity contribution in [3.63, 3.8) is 0 Å². The highest BCUT2D eigenvalue weighted by atomic mass is 32.1. The predicted molar refractivity (Wildman–Crippen MR) is 82.3 cm³/mol. The summed E-state index contributed by atoms with van der Waals surface area (Å²) in [7, 11) is 0. The third-order valence-electron chi connectivity index (χ3n) is 3.74. The molecule has 0 bridgehead atoms. The van der Waals surface area contributed by atoms with Crippen molar-refractivity contribution >= 4 is 28.8 Å². The van der Waals surface area contributed by atoms with E-state index in [1.807, 2.05) is 25.1 Å². The normalized spacial score (nSPS) is 15.4. The van der Waals surface area contributed by atoms with E-state index in [0.29, 0.717) is 17.3 Å². The first kappa shape index (κ1) is 14.0. The molecule has 2 rings (SSSR count). The van der Waals surface area contributed by atoms with Crippen LogP contribution in [0.2, 0.25) is 0 Å². The van der Waals surface area contributed by atoms with Crippen molar-refractivity contribution in [2.45, 2.75) is 39.0 Å². The SMILES string of the molecule is Cc1cccc(NC(=O)CC2CCCC2)c1C(N)=S. The van der Waals surface area contributed by atoms with E-state index in [4.69, 9.17) is 18.0 Å². The molecule has 1 aromatic rings. The fourth-order valence-corrected chi connectivity index (χ4v) is 3.05. The zero-order valence-electron chi connectivity index (χ0n) is 11.2. The average molecular weight is 276 g/mol. The van der Waals surface area contributed by atoms with E-state index in [1.54, 1.807) is 0 Å². The second kappa shape index (κ2) is 6.15. The first-order valence-corrected chi connectivity index (χ1v) is 7.18. The van der Waals surface area contributed by atoms with Gasteiger partial charge in [0.15, 0.2) is 0 Å².